The Morgan fingerprint density at radius 2 is 1.88 bits per heavy atom. The van der Waals surface area contributed by atoms with Crippen molar-refractivity contribution >= 4 is 22.1 Å². The molecular formula is C16H19N5O3S. The van der Waals surface area contributed by atoms with E-state index in [1.807, 2.05) is 30.3 Å². The fourth-order valence-corrected chi connectivity index (χ4v) is 3.20. The van der Waals surface area contributed by atoms with E-state index in [9.17, 15) is 13.2 Å². The van der Waals surface area contributed by atoms with E-state index >= 15 is 0 Å². The summed E-state index contributed by atoms with van der Waals surface area (Å²) in [5.74, 6) is 0.653. The summed E-state index contributed by atoms with van der Waals surface area (Å²) in [6.07, 6.45) is 1.68. The standard InChI is InChI=1S/C16H19N5O3S/c1-20-10-14-13(7-8-18-15(14)21(2)16(20)22)12-5-3-11(4-6-12)9-19-25(17,23)24/h3-8,19H,9-10H2,1-2H3,(H2,17,23,24). The summed E-state index contributed by atoms with van der Waals surface area (Å²) in [6, 6.07) is 9.30. The van der Waals surface area contributed by atoms with Gasteiger partial charge in [0.2, 0.25) is 0 Å². The minimum Gasteiger partial charge on any atom is -0.323 e. The second-order valence-corrected chi connectivity index (χ2v) is 7.30. The van der Waals surface area contributed by atoms with Crippen molar-refractivity contribution in [2.75, 3.05) is 19.0 Å². The molecule has 132 valence electrons. The van der Waals surface area contributed by atoms with Crippen molar-refractivity contribution in [2.24, 2.45) is 5.14 Å². The number of benzene rings is 1. The lowest BCUT2D eigenvalue weighted by atomic mass is 9.98. The van der Waals surface area contributed by atoms with Gasteiger partial charge in [-0.25, -0.2) is 14.9 Å². The third kappa shape index (κ3) is 3.63. The van der Waals surface area contributed by atoms with E-state index in [2.05, 4.69) is 9.71 Å². The number of rotatable bonds is 4. The van der Waals surface area contributed by atoms with Crippen molar-refractivity contribution in [3.05, 3.63) is 47.7 Å². The van der Waals surface area contributed by atoms with Crippen LogP contribution in [-0.2, 0) is 23.3 Å². The van der Waals surface area contributed by atoms with Crippen molar-refractivity contribution in [1.29, 1.82) is 0 Å². The number of anilines is 1. The third-order valence-corrected chi connectivity index (χ3v) is 4.65. The lowest BCUT2D eigenvalue weighted by Gasteiger charge is -2.32. The number of nitrogens with two attached hydrogens (primary N) is 1. The van der Waals surface area contributed by atoms with Crippen molar-refractivity contribution in [2.45, 2.75) is 13.1 Å². The number of aromatic nitrogens is 1. The molecule has 0 atom stereocenters. The maximum Gasteiger partial charge on any atom is 0.325 e. The second kappa shape index (κ2) is 6.43. The van der Waals surface area contributed by atoms with Gasteiger partial charge < -0.3 is 4.90 Å². The molecule has 25 heavy (non-hydrogen) atoms. The van der Waals surface area contributed by atoms with E-state index in [1.165, 1.54) is 4.90 Å². The first-order valence-corrected chi connectivity index (χ1v) is 9.14. The molecule has 1 aliphatic heterocycles. The van der Waals surface area contributed by atoms with Crippen molar-refractivity contribution in [1.82, 2.24) is 14.6 Å². The zero-order chi connectivity index (χ0) is 18.2. The van der Waals surface area contributed by atoms with Crippen LogP contribution in [0.5, 0.6) is 0 Å². The average molecular weight is 361 g/mol. The lowest BCUT2D eigenvalue weighted by molar-refractivity contribution is 0.212. The van der Waals surface area contributed by atoms with E-state index < -0.39 is 10.2 Å². The molecule has 3 N–H and O–H groups in total. The summed E-state index contributed by atoms with van der Waals surface area (Å²) < 4.78 is 24.2. The van der Waals surface area contributed by atoms with Gasteiger partial charge in [0.05, 0.1) is 6.54 Å². The highest BCUT2D eigenvalue weighted by atomic mass is 32.2. The molecule has 0 saturated heterocycles. The maximum atomic E-state index is 12.1. The molecule has 0 fully saturated rings. The number of amides is 2. The number of nitrogens with zero attached hydrogens (tertiary/aromatic N) is 3. The number of fused-ring (bicyclic) bond motifs is 1. The Morgan fingerprint density at radius 1 is 1.20 bits per heavy atom. The predicted molar refractivity (Wildman–Crippen MR) is 94.9 cm³/mol. The molecule has 0 spiro atoms. The molecule has 8 nitrogen and oxygen atoms in total. The number of urea groups is 1. The molecule has 1 aromatic heterocycles. The average Bonchev–Trinajstić information content (AvgIpc) is 2.57. The Bertz CT molecular complexity index is 912. The SMILES string of the molecule is CN1Cc2c(-c3ccc(CNS(N)(=O)=O)cc3)ccnc2N(C)C1=O. The monoisotopic (exact) mass is 361 g/mol. The molecule has 2 heterocycles. The Kier molecular flexibility index (Phi) is 4.46. The van der Waals surface area contributed by atoms with Gasteiger partial charge in [-0.05, 0) is 22.8 Å². The number of hydrogen-bond donors (Lipinski definition) is 2. The Labute approximate surface area is 146 Å². The quantitative estimate of drug-likeness (QED) is 0.848. The first kappa shape index (κ1) is 17.3. The Morgan fingerprint density at radius 3 is 2.52 bits per heavy atom. The summed E-state index contributed by atoms with van der Waals surface area (Å²) in [4.78, 5) is 19.6. The van der Waals surface area contributed by atoms with Crippen LogP contribution in [0.2, 0.25) is 0 Å². The number of hydrogen-bond acceptors (Lipinski definition) is 4. The zero-order valence-electron chi connectivity index (χ0n) is 13.9. The minimum atomic E-state index is -3.72. The molecule has 1 aromatic carbocycles. The van der Waals surface area contributed by atoms with Crippen LogP contribution in [0.25, 0.3) is 11.1 Å². The fraction of sp³-hybridized carbons (Fsp3) is 0.250. The zero-order valence-corrected chi connectivity index (χ0v) is 14.7. The van der Waals surface area contributed by atoms with Crippen LogP contribution < -0.4 is 14.8 Å². The van der Waals surface area contributed by atoms with Gasteiger partial charge in [-0.1, -0.05) is 24.3 Å². The van der Waals surface area contributed by atoms with Crippen LogP contribution in [0.3, 0.4) is 0 Å². The predicted octanol–water partition coefficient (Wildman–Crippen LogP) is 1.04. The van der Waals surface area contributed by atoms with Crippen LogP contribution in [0.1, 0.15) is 11.1 Å². The summed E-state index contributed by atoms with van der Waals surface area (Å²) in [7, 11) is -0.261. The van der Waals surface area contributed by atoms with E-state index in [4.69, 9.17) is 5.14 Å². The highest BCUT2D eigenvalue weighted by Crippen LogP contribution is 2.33. The summed E-state index contributed by atoms with van der Waals surface area (Å²) in [5.41, 5.74) is 3.73. The largest absolute Gasteiger partial charge is 0.325 e. The van der Waals surface area contributed by atoms with Gasteiger partial charge >= 0.3 is 6.03 Å². The summed E-state index contributed by atoms with van der Waals surface area (Å²) >= 11 is 0. The van der Waals surface area contributed by atoms with Gasteiger partial charge in [0.15, 0.2) is 0 Å². The molecular weight excluding hydrogens is 342 g/mol. The van der Waals surface area contributed by atoms with Crippen LogP contribution >= 0.6 is 0 Å². The number of carbonyl (C=O) groups is 1. The molecule has 0 aliphatic carbocycles. The van der Waals surface area contributed by atoms with Gasteiger partial charge in [0.25, 0.3) is 10.2 Å². The molecule has 0 saturated carbocycles. The van der Waals surface area contributed by atoms with E-state index in [-0.39, 0.29) is 12.6 Å². The van der Waals surface area contributed by atoms with Crippen LogP contribution in [0.4, 0.5) is 10.6 Å². The number of carbonyl (C=O) groups excluding carboxylic acids is 1. The molecule has 3 rings (SSSR count). The molecule has 2 amide bonds. The van der Waals surface area contributed by atoms with Gasteiger partial charge in [0.1, 0.15) is 5.82 Å². The van der Waals surface area contributed by atoms with Gasteiger partial charge in [-0.15, -0.1) is 0 Å². The molecule has 1 aliphatic rings. The third-order valence-electron chi connectivity index (χ3n) is 4.10. The smallest absolute Gasteiger partial charge is 0.323 e. The van der Waals surface area contributed by atoms with Crippen molar-refractivity contribution in [3.63, 3.8) is 0 Å². The van der Waals surface area contributed by atoms with Gasteiger partial charge in [0, 0.05) is 32.4 Å². The summed E-state index contributed by atoms with van der Waals surface area (Å²) in [6.45, 7) is 0.615. The van der Waals surface area contributed by atoms with Crippen LogP contribution in [0.15, 0.2) is 36.5 Å². The molecule has 0 unspecified atom stereocenters. The Hall–Kier alpha value is -2.49. The van der Waals surface area contributed by atoms with Gasteiger partial charge in [-0.3, -0.25) is 4.90 Å². The minimum absolute atomic E-state index is 0.0958. The second-order valence-electron chi connectivity index (χ2n) is 5.92. The topological polar surface area (TPSA) is 109 Å². The number of nitrogens with one attached hydrogen (secondary N) is 1. The summed E-state index contributed by atoms with van der Waals surface area (Å²) in [5, 5.41) is 4.94. The molecule has 0 radical (unpaired) electrons. The van der Waals surface area contributed by atoms with Crippen LogP contribution in [-0.4, -0.2) is 38.4 Å². The fourth-order valence-electron chi connectivity index (χ4n) is 2.83. The van der Waals surface area contributed by atoms with Crippen LogP contribution in [0, 0.1) is 0 Å². The first-order chi connectivity index (χ1) is 11.8. The molecule has 9 heteroatoms. The van der Waals surface area contributed by atoms with E-state index in [0.717, 1.165) is 22.3 Å². The van der Waals surface area contributed by atoms with Gasteiger partial charge in [-0.2, -0.15) is 13.1 Å². The molecule has 0 bridgehead atoms. The first-order valence-electron chi connectivity index (χ1n) is 7.59. The highest BCUT2D eigenvalue weighted by Gasteiger charge is 2.28. The van der Waals surface area contributed by atoms with Crippen molar-refractivity contribution in [3.8, 4) is 11.1 Å². The number of pyridine rings is 1. The Balaban J connectivity index is 1.92. The lowest BCUT2D eigenvalue weighted by Crippen LogP contribution is -2.43. The van der Waals surface area contributed by atoms with E-state index in [0.29, 0.717) is 12.4 Å². The molecule has 2 aromatic rings. The maximum absolute atomic E-state index is 12.1. The highest BCUT2D eigenvalue weighted by molar-refractivity contribution is 7.87. The van der Waals surface area contributed by atoms with Crippen molar-refractivity contribution < 1.29 is 13.2 Å². The normalized spacial score (nSPS) is 14.6. The van der Waals surface area contributed by atoms with E-state index in [1.54, 1.807) is 25.2 Å².